The van der Waals surface area contributed by atoms with Gasteiger partial charge >= 0.3 is 0 Å². The number of rotatable bonds is 3. The first-order valence-electron chi connectivity index (χ1n) is 5.62. The standard InChI is InChI=1S/C14H11BrF2IN/c15-9-2-4-13(18)10(7-9)14(19)6-8-1-3-11(16)12(17)5-8/h1-5,7,14H,6,19H2. The number of hydrogen-bond donors (Lipinski definition) is 1. The lowest BCUT2D eigenvalue weighted by Gasteiger charge is -2.14. The van der Waals surface area contributed by atoms with Crippen LogP contribution in [0, 0.1) is 15.2 Å². The molecule has 1 nitrogen and oxygen atoms in total. The molecule has 0 heterocycles. The summed E-state index contributed by atoms with van der Waals surface area (Å²) < 4.78 is 28.0. The van der Waals surface area contributed by atoms with Crippen LogP contribution in [0.15, 0.2) is 40.9 Å². The number of benzene rings is 2. The summed E-state index contributed by atoms with van der Waals surface area (Å²) in [6.45, 7) is 0. The molecule has 0 saturated carbocycles. The van der Waals surface area contributed by atoms with Gasteiger partial charge in [0, 0.05) is 14.1 Å². The molecule has 2 rings (SSSR count). The molecule has 0 aromatic heterocycles. The van der Waals surface area contributed by atoms with Crippen molar-refractivity contribution < 1.29 is 8.78 Å². The van der Waals surface area contributed by atoms with Gasteiger partial charge in [-0.2, -0.15) is 0 Å². The molecule has 0 saturated heterocycles. The number of nitrogens with two attached hydrogens (primary N) is 1. The van der Waals surface area contributed by atoms with Crippen LogP contribution < -0.4 is 5.73 Å². The average Bonchev–Trinajstić information content (AvgIpc) is 2.36. The molecule has 0 radical (unpaired) electrons. The molecule has 0 fully saturated rings. The molecule has 1 unspecified atom stereocenters. The smallest absolute Gasteiger partial charge is 0.159 e. The number of hydrogen-bond acceptors (Lipinski definition) is 1. The fraction of sp³-hybridized carbons (Fsp3) is 0.143. The highest BCUT2D eigenvalue weighted by atomic mass is 127. The molecule has 1 atom stereocenters. The summed E-state index contributed by atoms with van der Waals surface area (Å²) in [6, 6.07) is 9.48. The van der Waals surface area contributed by atoms with Gasteiger partial charge in [-0.15, -0.1) is 0 Å². The zero-order valence-corrected chi connectivity index (χ0v) is 13.6. The molecular weight excluding hydrogens is 427 g/mol. The minimum absolute atomic E-state index is 0.255. The van der Waals surface area contributed by atoms with Crippen LogP contribution >= 0.6 is 38.5 Å². The van der Waals surface area contributed by atoms with Gasteiger partial charge in [-0.1, -0.05) is 22.0 Å². The Morgan fingerprint density at radius 3 is 2.53 bits per heavy atom. The van der Waals surface area contributed by atoms with Crippen LogP contribution in [0.5, 0.6) is 0 Å². The highest BCUT2D eigenvalue weighted by Crippen LogP contribution is 2.25. The third kappa shape index (κ3) is 3.73. The second-order valence-corrected chi connectivity index (χ2v) is 6.30. The van der Waals surface area contributed by atoms with Gasteiger partial charge in [0.25, 0.3) is 0 Å². The minimum atomic E-state index is -0.839. The fourth-order valence-corrected chi connectivity index (χ4v) is 2.94. The Balaban J connectivity index is 2.22. The Kier molecular flexibility index (Phi) is 4.92. The lowest BCUT2D eigenvalue weighted by molar-refractivity contribution is 0.506. The summed E-state index contributed by atoms with van der Waals surface area (Å²) in [4.78, 5) is 0. The van der Waals surface area contributed by atoms with Crippen molar-refractivity contribution in [3.63, 3.8) is 0 Å². The van der Waals surface area contributed by atoms with E-state index in [4.69, 9.17) is 5.73 Å². The predicted molar refractivity (Wildman–Crippen MR) is 83.8 cm³/mol. The van der Waals surface area contributed by atoms with Crippen LogP contribution in [-0.2, 0) is 6.42 Å². The molecule has 2 aromatic rings. The van der Waals surface area contributed by atoms with E-state index in [1.54, 1.807) is 6.07 Å². The lowest BCUT2D eigenvalue weighted by atomic mass is 10.00. The second kappa shape index (κ2) is 6.28. The molecule has 5 heteroatoms. The zero-order chi connectivity index (χ0) is 14.0. The minimum Gasteiger partial charge on any atom is -0.324 e. The Bertz CT molecular complexity index is 604. The van der Waals surface area contributed by atoms with E-state index in [1.165, 1.54) is 6.07 Å². The molecule has 19 heavy (non-hydrogen) atoms. The normalized spacial score (nSPS) is 12.5. The summed E-state index contributed by atoms with van der Waals surface area (Å²) in [5.74, 6) is -1.68. The predicted octanol–water partition coefficient (Wildman–Crippen LogP) is 4.57. The van der Waals surface area contributed by atoms with Crippen molar-refractivity contribution in [1.29, 1.82) is 0 Å². The van der Waals surface area contributed by atoms with E-state index in [0.29, 0.717) is 12.0 Å². The van der Waals surface area contributed by atoms with E-state index < -0.39 is 11.6 Å². The summed E-state index contributed by atoms with van der Waals surface area (Å²) in [5, 5.41) is 0. The molecule has 0 aliphatic carbocycles. The van der Waals surface area contributed by atoms with Crippen molar-refractivity contribution >= 4 is 38.5 Å². The topological polar surface area (TPSA) is 26.0 Å². The average molecular weight is 438 g/mol. The van der Waals surface area contributed by atoms with Gasteiger partial charge in [-0.05, 0) is 70.5 Å². The van der Waals surface area contributed by atoms with E-state index >= 15 is 0 Å². The molecule has 100 valence electrons. The first-order chi connectivity index (χ1) is 8.97. The van der Waals surface area contributed by atoms with E-state index in [2.05, 4.69) is 38.5 Å². The van der Waals surface area contributed by atoms with Crippen molar-refractivity contribution in [2.75, 3.05) is 0 Å². The Morgan fingerprint density at radius 2 is 1.84 bits per heavy atom. The van der Waals surface area contributed by atoms with Crippen LogP contribution in [-0.4, -0.2) is 0 Å². The fourth-order valence-electron chi connectivity index (χ4n) is 1.83. The van der Waals surface area contributed by atoms with Gasteiger partial charge in [-0.25, -0.2) is 8.78 Å². The van der Waals surface area contributed by atoms with E-state index in [1.807, 2.05) is 18.2 Å². The van der Waals surface area contributed by atoms with Crippen LogP contribution in [0.2, 0.25) is 0 Å². The first-order valence-corrected chi connectivity index (χ1v) is 7.49. The van der Waals surface area contributed by atoms with E-state index in [9.17, 15) is 8.78 Å². The van der Waals surface area contributed by atoms with Crippen molar-refractivity contribution in [1.82, 2.24) is 0 Å². The molecule has 2 aromatic carbocycles. The highest BCUT2D eigenvalue weighted by Gasteiger charge is 2.12. The van der Waals surface area contributed by atoms with Crippen molar-refractivity contribution in [2.45, 2.75) is 12.5 Å². The van der Waals surface area contributed by atoms with Crippen molar-refractivity contribution in [3.05, 3.63) is 67.2 Å². The zero-order valence-electron chi connectivity index (χ0n) is 9.84. The van der Waals surface area contributed by atoms with Gasteiger partial charge < -0.3 is 5.73 Å². The van der Waals surface area contributed by atoms with Crippen molar-refractivity contribution in [2.24, 2.45) is 5.73 Å². The van der Waals surface area contributed by atoms with Gasteiger partial charge in [0.1, 0.15) is 0 Å². The molecule has 0 bridgehead atoms. The third-order valence-corrected chi connectivity index (χ3v) is 4.27. The lowest BCUT2D eigenvalue weighted by Crippen LogP contribution is -2.15. The van der Waals surface area contributed by atoms with E-state index in [-0.39, 0.29) is 6.04 Å². The molecule has 0 aliphatic rings. The van der Waals surface area contributed by atoms with Crippen LogP contribution in [0.3, 0.4) is 0 Å². The van der Waals surface area contributed by atoms with Gasteiger partial charge in [0.05, 0.1) is 0 Å². The van der Waals surface area contributed by atoms with Gasteiger partial charge in [0.15, 0.2) is 11.6 Å². The largest absolute Gasteiger partial charge is 0.324 e. The summed E-state index contributed by atoms with van der Waals surface area (Å²) in [5.41, 5.74) is 7.81. The Labute approximate surface area is 132 Å². The Hall–Kier alpha value is -0.530. The monoisotopic (exact) mass is 437 g/mol. The van der Waals surface area contributed by atoms with Crippen LogP contribution in [0.25, 0.3) is 0 Å². The van der Waals surface area contributed by atoms with Crippen LogP contribution in [0.4, 0.5) is 8.78 Å². The second-order valence-electron chi connectivity index (χ2n) is 4.22. The number of halogens is 4. The maximum absolute atomic E-state index is 13.2. The maximum Gasteiger partial charge on any atom is 0.159 e. The molecular formula is C14H11BrF2IN. The summed E-state index contributed by atoms with van der Waals surface area (Å²) in [7, 11) is 0. The molecule has 0 aliphatic heterocycles. The SMILES string of the molecule is NC(Cc1ccc(F)c(F)c1)c1cc(Br)ccc1I. The molecule has 0 spiro atoms. The summed E-state index contributed by atoms with van der Waals surface area (Å²) in [6.07, 6.45) is 0.462. The maximum atomic E-state index is 13.2. The van der Waals surface area contributed by atoms with Gasteiger partial charge in [-0.3, -0.25) is 0 Å². The molecule has 2 N–H and O–H groups in total. The summed E-state index contributed by atoms with van der Waals surface area (Å²) >= 11 is 5.61. The highest BCUT2D eigenvalue weighted by molar-refractivity contribution is 14.1. The third-order valence-electron chi connectivity index (χ3n) is 2.80. The molecule has 0 amide bonds. The quantitative estimate of drug-likeness (QED) is 0.699. The van der Waals surface area contributed by atoms with Crippen LogP contribution in [0.1, 0.15) is 17.2 Å². The van der Waals surface area contributed by atoms with E-state index in [0.717, 1.165) is 19.7 Å². The van der Waals surface area contributed by atoms with Gasteiger partial charge in [0.2, 0.25) is 0 Å². The Morgan fingerprint density at radius 1 is 1.11 bits per heavy atom. The van der Waals surface area contributed by atoms with Crippen molar-refractivity contribution in [3.8, 4) is 0 Å². The first kappa shape index (κ1) is 14.9.